The van der Waals surface area contributed by atoms with Crippen LogP contribution in [0.15, 0.2) is 0 Å². The van der Waals surface area contributed by atoms with E-state index in [1.807, 2.05) is 0 Å². The van der Waals surface area contributed by atoms with E-state index in [0.717, 1.165) is 0 Å². The fourth-order valence-electron chi connectivity index (χ4n) is 3.56. The summed E-state index contributed by atoms with van der Waals surface area (Å²) in [5.74, 6) is 0. The fraction of sp³-hybridized carbons (Fsp3) is 1.00. The van der Waals surface area contributed by atoms with Gasteiger partial charge in [0.1, 0.15) is 0 Å². The lowest BCUT2D eigenvalue weighted by atomic mass is 10.1. The summed E-state index contributed by atoms with van der Waals surface area (Å²) in [6.45, 7) is 10.7. The average molecular weight is 355 g/mol. The first-order valence-electron chi connectivity index (χ1n) is 11.5. The molecule has 152 valence electrons. The Morgan fingerprint density at radius 1 is 0.560 bits per heavy atom. The maximum atomic E-state index is 2.56. The van der Waals surface area contributed by atoms with E-state index in [1.165, 1.54) is 110 Å². The van der Waals surface area contributed by atoms with Crippen LogP contribution in [0.4, 0.5) is 0 Å². The zero-order valence-corrected chi connectivity index (χ0v) is 18.5. The summed E-state index contributed by atoms with van der Waals surface area (Å²) in [6, 6.07) is 0.676. The molecule has 0 saturated heterocycles. The SMILES string of the molecule is CCCCCCCCCN(C)CC(C)N(C)CCCCCCCCC. The molecule has 1 atom stereocenters. The van der Waals surface area contributed by atoms with E-state index in [2.05, 4.69) is 44.7 Å². The molecule has 0 fully saturated rings. The van der Waals surface area contributed by atoms with Crippen LogP contribution in [-0.4, -0.2) is 49.6 Å². The summed E-state index contributed by atoms with van der Waals surface area (Å²) < 4.78 is 0. The van der Waals surface area contributed by atoms with Gasteiger partial charge in [-0.1, -0.05) is 90.9 Å². The Balaban J connectivity index is 3.52. The van der Waals surface area contributed by atoms with E-state index in [4.69, 9.17) is 0 Å². The molecule has 2 nitrogen and oxygen atoms in total. The van der Waals surface area contributed by atoms with Crippen molar-refractivity contribution in [1.29, 1.82) is 0 Å². The van der Waals surface area contributed by atoms with Gasteiger partial charge < -0.3 is 9.80 Å². The number of nitrogens with zero attached hydrogens (tertiary/aromatic N) is 2. The predicted molar refractivity (Wildman–Crippen MR) is 116 cm³/mol. The zero-order valence-electron chi connectivity index (χ0n) is 18.5. The molecule has 0 amide bonds. The van der Waals surface area contributed by atoms with Crippen molar-refractivity contribution in [2.45, 2.75) is 117 Å². The van der Waals surface area contributed by atoms with Crippen LogP contribution in [0.5, 0.6) is 0 Å². The molecule has 1 unspecified atom stereocenters. The Labute approximate surface area is 160 Å². The molecule has 0 aromatic carbocycles. The normalized spacial score (nSPS) is 13.1. The van der Waals surface area contributed by atoms with E-state index in [-0.39, 0.29) is 0 Å². The first-order chi connectivity index (χ1) is 12.1. The van der Waals surface area contributed by atoms with E-state index in [9.17, 15) is 0 Å². The predicted octanol–water partition coefficient (Wildman–Crippen LogP) is 6.74. The highest BCUT2D eigenvalue weighted by molar-refractivity contribution is 4.68. The van der Waals surface area contributed by atoms with Crippen LogP contribution in [0.3, 0.4) is 0 Å². The highest BCUT2D eigenvalue weighted by atomic mass is 15.2. The van der Waals surface area contributed by atoms with Gasteiger partial charge in [0, 0.05) is 12.6 Å². The van der Waals surface area contributed by atoms with E-state index >= 15 is 0 Å². The number of hydrogen-bond donors (Lipinski definition) is 0. The second-order valence-corrected chi connectivity index (χ2v) is 8.33. The lowest BCUT2D eigenvalue weighted by molar-refractivity contribution is 0.188. The van der Waals surface area contributed by atoms with Crippen molar-refractivity contribution in [2.75, 3.05) is 33.7 Å². The van der Waals surface area contributed by atoms with Crippen molar-refractivity contribution < 1.29 is 0 Å². The van der Waals surface area contributed by atoms with E-state index < -0.39 is 0 Å². The van der Waals surface area contributed by atoms with Gasteiger partial charge in [0.25, 0.3) is 0 Å². The molecular formula is C23H50N2. The molecule has 0 N–H and O–H groups in total. The molecule has 0 rings (SSSR count). The molecule has 0 heterocycles. The smallest absolute Gasteiger partial charge is 0.0191 e. The molecule has 0 bridgehead atoms. The van der Waals surface area contributed by atoms with Gasteiger partial charge in [-0.05, 0) is 47.0 Å². The largest absolute Gasteiger partial charge is 0.305 e. The third kappa shape index (κ3) is 17.1. The Hall–Kier alpha value is -0.0800. The molecule has 0 aliphatic heterocycles. The third-order valence-corrected chi connectivity index (χ3v) is 5.59. The van der Waals surface area contributed by atoms with Crippen LogP contribution >= 0.6 is 0 Å². The van der Waals surface area contributed by atoms with E-state index in [0.29, 0.717) is 6.04 Å². The van der Waals surface area contributed by atoms with Crippen LogP contribution in [-0.2, 0) is 0 Å². The molecule has 25 heavy (non-hydrogen) atoms. The summed E-state index contributed by atoms with van der Waals surface area (Å²) in [5, 5.41) is 0. The van der Waals surface area contributed by atoms with Gasteiger partial charge >= 0.3 is 0 Å². The summed E-state index contributed by atoms with van der Waals surface area (Å²) in [6.07, 6.45) is 19.7. The topological polar surface area (TPSA) is 6.48 Å². The number of likely N-dealkylation sites (N-methyl/N-ethyl adjacent to an activating group) is 2. The minimum Gasteiger partial charge on any atom is -0.305 e. The number of hydrogen-bond acceptors (Lipinski definition) is 2. The second kappa shape index (κ2) is 18.7. The van der Waals surface area contributed by atoms with Gasteiger partial charge in [0.05, 0.1) is 0 Å². The minimum absolute atomic E-state index is 0.676. The van der Waals surface area contributed by atoms with Gasteiger partial charge in [0.15, 0.2) is 0 Å². The second-order valence-electron chi connectivity index (χ2n) is 8.33. The van der Waals surface area contributed by atoms with Crippen molar-refractivity contribution in [3.8, 4) is 0 Å². The lowest BCUT2D eigenvalue weighted by Gasteiger charge is -2.29. The van der Waals surface area contributed by atoms with Crippen LogP contribution in [0.25, 0.3) is 0 Å². The maximum absolute atomic E-state index is 2.56. The molecule has 0 radical (unpaired) electrons. The van der Waals surface area contributed by atoms with Gasteiger partial charge in [-0.3, -0.25) is 0 Å². The quantitative estimate of drug-likeness (QED) is 0.237. The molecule has 0 aromatic heterocycles. The van der Waals surface area contributed by atoms with Gasteiger partial charge in [-0.25, -0.2) is 0 Å². The van der Waals surface area contributed by atoms with Gasteiger partial charge in [-0.2, -0.15) is 0 Å². The van der Waals surface area contributed by atoms with Crippen LogP contribution in [0, 0.1) is 0 Å². The Bertz CT molecular complexity index is 254. The summed E-state index contributed by atoms with van der Waals surface area (Å²) in [4.78, 5) is 5.10. The summed E-state index contributed by atoms with van der Waals surface area (Å²) >= 11 is 0. The minimum atomic E-state index is 0.676. The summed E-state index contributed by atoms with van der Waals surface area (Å²) in [5.41, 5.74) is 0. The van der Waals surface area contributed by atoms with E-state index in [1.54, 1.807) is 0 Å². The van der Waals surface area contributed by atoms with Crippen LogP contribution < -0.4 is 0 Å². The van der Waals surface area contributed by atoms with Crippen LogP contribution in [0.2, 0.25) is 0 Å². The highest BCUT2D eigenvalue weighted by Gasteiger charge is 2.11. The zero-order chi connectivity index (χ0) is 18.8. The highest BCUT2D eigenvalue weighted by Crippen LogP contribution is 2.10. The lowest BCUT2D eigenvalue weighted by Crippen LogP contribution is -2.39. The number of rotatable bonds is 19. The Morgan fingerprint density at radius 2 is 0.960 bits per heavy atom. The Kier molecular flexibility index (Phi) is 18.6. The molecular weight excluding hydrogens is 304 g/mol. The maximum Gasteiger partial charge on any atom is 0.0191 e. The van der Waals surface area contributed by atoms with Crippen molar-refractivity contribution in [2.24, 2.45) is 0 Å². The number of unbranched alkanes of at least 4 members (excludes halogenated alkanes) is 12. The summed E-state index contributed by atoms with van der Waals surface area (Å²) in [7, 11) is 4.61. The molecule has 0 aromatic rings. The molecule has 0 spiro atoms. The standard InChI is InChI=1S/C23H50N2/c1-6-8-10-12-14-16-18-20-24(4)22-23(3)25(5)21-19-17-15-13-11-9-7-2/h23H,6-22H2,1-5H3. The first kappa shape index (κ1) is 24.9. The first-order valence-corrected chi connectivity index (χ1v) is 11.5. The molecule has 0 aliphatic rings. The van der Waals surface area contributed by atoms with Crippen molar-refractivity contribution in [3.05, 3.63) is 0 Å². The van der Waals surface area contributed by atoms with Gasteiger partial charge in [-0.15, -0.1) is 0 Å². The van der Waals surface area contributed by atoms with Crippen molar-refractivity contribution in [3.63, 3.8) is 0 Å². The van der Waals surface area contributed by atoms with Crippen LogP contribution in [0.1, 0.15) is 111 Å². The average Bonchev–Trinajstić information content (AvgIpc) is 2.59. The fourth-order valence-corrected chi connectivity index (χ4v) is 3.56. The third-order valence-electron chi connectivity index (χ3n) is 5.59. The van der Waals surface area contributed by atoms with Crippen molar-refractivity contribution >= 4 is 0 Å². The monoisotopic (exact) mass is 354 g/mol. The molecule has 2 heteroatoms. The Morgan fingerprint density at radius 3 is 1.44 bits per heavy atom. The molecule has 0 saturated carbocycles. The van der Waals surface area contributed by atoms with Gasteiger partial charge in [0.2, 0.25) is 0 Å². The molecule has 0 aliphatic carbocycles. The van der Waals surface area contributed by atoms with Crippen molar-refractivity contribution in [1.82, 2.24) is 9.80 Å².